The minimum Gasteiger partial charge on any atom is -0.481 e. The maximum Gasteiger partial charge on any atom is 0.303 e. The number of hydrogen-bond acceptors (Lipinski definition) is 3. The van der Waals surface area contributed by atoms with Crippen molar-refractivity contribution < 1.29 is 9.90 Å². The number of para-hydroxylation sites is 2. The number of carboxylic acids is 1. The molecule has 0 unspecified atom stereocenters. The van der Waals surface area contributed by atoms with Crippen LogP contribution in [-0.4, -0.2) is 25.6 Å². The van der Waals surface area contributed by atoms with Crippen LogP contribution in [0.25, 0.3) is 16.9 Å². The number of imidazole rings is 1. The molecule has 3 rings (SSSR count). The van der Waals surface area contributed by atoms with E-state index in [0.717, 1.165) is 28.2 Å². The molecule has 21 heavy (non-hydrogen) atoms. The highest BCUT2D eigenvalue weighted by molar-refractivity contribution is 5.78. The van der Waals surface area contributed by atoms with E-state index in [0.29, 0.717) is 6.42 Å². The topological polar surface area (TPSA) is 68.0 Å². The number of aliphatic carboxylic acids is 1. The van der Waals surface area contributed by atoms with Gasteiger partial charge in [0, 0.05) is 12.6 Å². The van der Waals surface area contributed by atoms with Gasteiger partial charge in [0.15, 0.2) is 0 Å². The minimum atomic E-state index is -0.828. The lowest BCUT2D eigenvalue weighted by Crippen LogP contribution is -2.06. The summed E-state index contributed by atoms with van der Waals surface area (Å²) < 4.78 is 1.93. The van der Waals surface area contributed by atoms with Crippen LogP contribution in [0.3, 0.4) is 0 Å². The number of aryl methyl sites for hydroxylation is 2. The third-order valence-corrected chi connectivity index (χ3v) is 3.32. The maximum absolute atomic E-state index is 10.8. The number of carboxylic acid groups (broad SMARTS) is 1. The van der Waals surface area contributed by atoms with Gasteiger partial charge >= 0.3 is 5.97 Å². The molecule has 1 aromatic carbocycles. The number of fused-ring (bicyclic) bond motifs is 1. The molecule has 3 aromatic rings. The summed E-state index contributed by atoms with van der Waals surface area (Å²) in [5.41, 5.74) is 2.87. The fourth-order valence-corrected chi connectivity index (χ4v) is 2.31. The number of benzene rings is 1. The van der Waals surface area contributed by atoms with Crippen molar-refractivity contribution in [2.75, 3.05) is 0 Å². The molecule has 2 aromatic heterocycles. The second kappa shape index (κ2) is 5.36. The van der Waals surface area contributed by atoms with Gasteiger partial charge in [-0.3, -0.25) is 9.36 Å². The molecule has 0 amide bonds. The van der Waals surface area contributed by atoms with Crippen molar-refractivity contribution in [3.63, 3.8) is 0 Å². The Bertz CT molecular complexity index is 791. The molecule has 0 fully saturated rings. The number of aromatic nitrogens is 3. The Balaban J connectivity index is 2.15. The van der Waals surface area contributed by atoms with Crippen molar-refractivity contribution in [2.24, 2.45) is 0 Å². The Morgan fingerprint density at radius 1 is 1.24 bits per heavy atom. The van der Waals surface area contributed by atoms with Crippen molar-refractivity contribution in [2.45, 2.75) is 19.8 Å². The van der Waals surface area contributed by atoms with Crippen LogP contribution in [-0.2, 0) is 11.2 Å². The SMILES string of the molecule is Cc1ccc(-n2c(CCC(=O)O)nc3ccccc32)nc1. The lowest BCUT2D eigenvalue weighted by atomic mass is 10.3. The first kappa shape index (κ1) is 13.3. The average molecular weight is 281 g/mol. The summed E-state index contributed by atoms with van der Waals surface area (Å²) in [4.78, 5) is 19.8. The van der Waals surface area contributed by atoms with E-state index in [2.05, 4.69) is 9.97 Å². The molecule has 0 radical (unpaired) electrons. The predicted octanol–water partition coefficient (Wildman–Crippen LogP) is 2.75. The highest BCUT2D eigenvalue weighted by Crippen LogP contribution is 2.21. The van der Waals surface area contributed by atoms with Crippen LogP contribution in [0.4, 0.5) is 0 Å². The molecule has 106 valence electrons. The average Bonchev–Trinajstić information content (AvgIpc) is 2.84. The van der Waals surface area contributed by atoms with E-state index < -0.39 is 5.97 Å². The molecular weight excluding hydrogens is 266 g/mol. The molecule has 0 bridgehead atoms. The van der Waals surface area contributed by atoms with Gasteiger partial charge < -0.3 is 5.11 Å². The second-order valence-corrected chi connectivity index (χ2v) is 4.94. The first-order valence-corrected chi connectivity index (χ1v) is 6.76. The van der Waals surface area contributed by atoms with E-state index >= 15 is 0 Å². The molecule has 0 aliphatic rings. The van der Waals surface area contributed by atoms with Gasteiger partial charge in [0.1, 0.15) is 11.6 Å². The van der Waals surface area contributed by atoms with E-state index in [1.165, 1.54) is 0 Å². The van der Waals surface area contributed by atoms with E-state index in [-0.39, 0.29) is 6.42 Å². The standard InChI is InChI=1S/C16H15N3O2/c1-11-6-7-14(17-10-11)19-13-5-3-2-4-12(13)18-15(19)8-9-16(20)21/h2-7,10H,8-9H2,1H3,(H,20,21). The lowest BCUT2D eigenvalue weighted by molar-refractivity contribution is -0.137. The zero-order chi connectivity index (χ0) is 14.8. The second-order valence-electron chi connectivity index (χ2n) is 4.94. The van der Waals surface area contributed by atoms with Gasteiger partial charge in [-0.25, -0.2) is 9.97 Å². The zero-order valence-electron chi connectivity index (χ0n) is 11.7. The quantitative estimate of drug-likeness (QED) is 0.798. The summed E-state index contributed by atoms with van der Waals surface area (Å²) in [5.74, 6) is 0.648. The van der Waals surface area contributed by atoms with Crippen LogP contribution >= 0.6 is 0 Å². The number of carbonyl (C=O) groups is 1. The first-order chi connectivity index (χ1) is 10.1. The van der Waals surface area contributed by atoms with Crippen LogP contribution in [0, 0.1) is 6.92 Å². The maximum atomic E-state index is 10.8. The molecule has 0 saturated heterocycles. The van der Waals surface area contributed by atoms with Crippen molar-refractivity contribution in [1.29, 1.82) is 0 Å². The van der Waals surface area contributed by atoms with Crippen molar-refractivity contribution in [3.05, 3.63) is 54.0 Å². The zero-order valence-corrected chi connectivity index (χ0v) is 11.7. The molecule has 0 saturated carbocycles. The molecule has 0 spiro atoms. The van der Waals surface area contributed by atoms with Crippen LogP contribution < -0.4 is 0 Å². The predicted molar refractivity (Wildman–Crippen MR) is 79.6 cm³/mol. The Labute approximate surface area is 121 Å². The van der Waals surface area contributed by atoms with Gasteiger partial charge in [-0.15, -0.1) is 0 Å². The summed E-state index contributed by atoms with van der Waals surface area (Å²) in [6.07, 6.45) is 2.22. The van der Waals surface area contributed by atoms with E-state index in [4.69, 9.17) is 5.11 Å². The largest absolute Gasteiger partial charge is 0.481 e. The first-order valence-electron chi connectivity index (χ1n) is 6.76. The van der Waals surface area contributed by atoms with E-state index in [9.17, 15) is 4.79 Å². The molecule has 0 aliphatic carbocycles. The van der Waals surface area contributed by atoms with Crippen molar-refractivity contribution in [1.82, 2.24) is 14.5 Å². The summed E-state index contributed by atoms with van der Waals surface area (Å²) in [6, 6.07) is 11.7. The summed E-state index contributed by atoms with van der Waals surface area (Å²) in [5, 5.41) is 8.89. The highest BCUT2D eigenvalue weighted by Gasteiger charge is 2.13. The molecule has 0 aliphatic heterocycles. The van der Waals surface area contributed by atoms with Gasteiger partial charge in [0.05, 0.1) is 17.5 Å². The highest BCUT2D eigenvalue weighted by atomic mass is 16.4. The number of nitrogens with zero attached hydrogens (tertiary/aromatic N) is 3. The van der Waals surface area contributed by atoms with Crippen molar-refractivity contribution >= 4 is 17.0 Å². The lowest BCUT2D eigenvalue weighted by Gasteiger charge is -2.08. The minimum absolute atomic E-state index is 0.0508. The fourth-order valence-electron chi connectivity index (χ4n) is 2.31. The Morgan fingerprint density at radius 2 is 2.05 bits per heavy atom. The Hall–Kier alpha value is -2.69. The number of rotatable bonds is 4. The van der Waals surface area contributed by atoms with Gasteiger partial charge in [-0.2, -0.15) is 0 Å². The molecule has 0 atom stereocenters. The normalized spacial score (nSPS) is 10.9. The third kappa shape index (κ3) is 2.63. The van der Waals surface area contributed by atoms with Gasteiger partial charge in [-0.05, 0) is 30.7 Å². The molecular formula is C16H15N3O2. The van der Waals surface area contributed by atoms with Crippen LogP contribution in [0.15, 0.2) is 42.6 Å². The monoisotopic (exact) mass is 281 g/mol. The Kier molecular flexibility index (Phi) is 3.39. The molecule has 1 N–H and O–H groups in total. The van der Waals surface area contributed by atoms with Gasteiger partial charge in [0.2, 0.25) is 0 Å². The van der Waals surface area contributed by atoms with Crippen molar-refractivity contribution in [3.8, 4) is 5.82 Å². The van der Waals surface area contributed by atoms with E-state index in [1.54, 1.807) is 6.20 Å². The smallest absolute Gasteiger partial charge is 0.303 e. The van der Waals surface area contributed by atoms with Crippen LogP contribution in [0.5, 0.6) is 0 Å². The number of hydrogen-bond donors (Lipinski definition) is 1. The Morgan fingerprint density at radius 3 is 2.76 bits per heavy atom. The third-order valence-electron chi connectivity index (χ3n) is 3.32. The molecule has 5 nitrogen and oxygen atoms in total. The summed E-state index contributed by atoms with van der Waals surface area (Å²) >= 11 is 0. The van der Waals surface area contributed by atoms with Gasteiger partial charge in [0.25, 0.3) is 0 Å². The summed E-state index contributed by atoms with van der Waals surface area (Å²) in [6.45, 7) is 1.98. The molecule has 5 heteroatoms. The number of pyridine rings is 1. The van der Waals surface area contributed by atoms with Crippen LogP contribution in [0.1, 0.15) is 17.8 Å². The van der Waals surface area contributed by atoms with Crippen LogP contribution in [0.2, 0.25) is 0 Å². The van der Waals surface area contributed by atoms with E-state index in [1.807, 2.05) is 47.9 Å². The van der Waals surface area contributed by atoms with Gasteiger partial charge in [-0.1, -0.05) is 18.2 Å². The fraction of sp³-hybridized carbons (Fsp3) is 0.188. The molecule has 2 heterocycles. The summed E-state index contributed by atoms with van der Waals surface area (Å²) in [7, 11) is 0.